The van der Waals surface area contributed by atoms with E-state index in [1.54, 1.807) is 0 Å². The molecule has 10 unspecified atom stereocenters. The number of aromatic nitrogens is 2. The number of rotatable bonds is 26. The van der Waals surface area contributed by atoms with Crippen LogP contribution in [-0.4, -0.2) is 199 Å². The van der Waals surface area contributed by atoms with Crippen LogP contribution in [0.1, 0.15) is 64.7 Å². The summed E-state index contributed by atoms with van der Waals surface area (Å²) in [4.78, 5) is 128. The van der Waals surface area contributed by atoms with Gasteiger partial charge < -0.3 is 58.3 Å². The highest BCUT2D eigenvalue weighted by molar-refractivity contribution is 8.00. The van der Waals surface area contributed by atoms with Crippen LogP contribution in [0.4, 0.5) is 10.6 Å². The van der Waals surface area contributed by atoms with Crippen molar-refractivity contribution in [2.75, 3.05) is 31.6 Å². The number of thioether (sulfide) groups is 1. The van der Waals surface area contributed by atoms with E-state index in [1.165, 1.54) is 0 Å². The molecule has 67 heavy (non-hydrogen) atoms. The fraction of sp³-hybridized carbons (Fsp3) is 0.639. The highest BCUT2D eigenvalue weighted by atomic mass is 32.2. The van der Waals surface area contributed by atoms with Gasteiger partial charge in [0.2, 0.25) is 41.4 Å². The second kappa shape index (κ2) is 26.9. The monoisotopic (exact) mass is 978 g/mol. The Morgan fingerprint density at radius 1 is 0.746 bits per heavy atom. The molecule has 1 saturated heterocycles. The summed E-state index contributed by atoms with van der Waals surface area (Å²) in [5.41, 5.74) is 9.94. The first-order chi connectivity index (χ1) is 31.3. The number of amides is 9. The van der Waals surface area contributed by atoms with Gasteiger partial charge in [-0.1, -0.05) is 0 Å². The molecule has 31 heteroatoms. The van der Waals surface area contributed by atoms with Gasteiger partial charge in [-0.2, -0.15) is 4.98 Å². The Bertz CT molecular complexity index is 2000. The lowest BCUT2D eigenvalue weighted by atomic mass is 10.00. The lowest BCUT2D eigenvalue weighted by molar-refractivity contribution is -0.163. The normalized spacial score (nSPS) is 19.3. The van der Waals surface area contributed by atoms with E-state index >= 15 is 0 Å². The second-order valence-electron chi connectivity index (χ2n) is 15.1. The summed E-state index contributed by atoms with van der Waals surface area (Å²) in [7, 11) is 0. The maximum absolute atomic E-state index is 13.8. The molecule has 17 N–H and O–H groups in total. The lowest BCUT2D eigenvalue weighted by Gasteiger charge is -2.29. The van der Waals surface area contributed by atoms with Gasteiger partial charge >= 0.3 is 17.7 Å². The topological polar surface area (TPSA) is 472 Å². The van der Waals surface area contributed by atoms with Gasteiger partial charge in [0.15, 0.2) is 6.04 Å². The Balaban J connectivity index is 2.32. The van der Waals surface area contributed by atoms with Crippen LogP contribution in [0.25, 0.3) is 0 Å². The third-order valence-electron chi connectivity index (χ3n) is 9.99. The minimum Gasteiger partial charge on any atom is -0.480 e. The maximum atomic E-state index is 13.8. The number of carboxylic acid groups (broad SMARTS) is 1. The molecular formula is C36H58N12O18S. The number of primary amides is 1. The minimum absolute atomic E-state index is 0.0518. The quantitative estimate of drug-likeness (QED) is 0.0303. The number of hydrogen-bond donors (Lipinski definition) is 15. The number of aliphatic hydroxyl groups excluding tert-OH is 4. The molecule has 1 aromatic heterocycles. The van der Waals surface area contributed by atoms with Crippen molar-refractivity contribution in [1.82, 2.24) is 46.0 Å². The smallest absolute Gasteiger partial charge is 0.350 e. The molecule has 2 heterocycles. The molecule has 0 radical (unpaired) electrons. The van der Waals surface area contributed by atoms with Crippen molar-refractivity contribution >= 4 is 70.9 Å². The summed E-state index contributed by atoms with van der Waals surface area (Å²) in [6.45, 7) is 1.06. The highest BCUT2D eigenvalue weighted by Crippen LogP contribution is 2.43. The van der Waals surface area contributed by atoms with E-state index in [2.05, 4.69) is 26.3 Å². The van der Waals surface area contributed by atoms with E-state index in [1.807, 2.05) is 5.32 Å². The van der Waals surface area contributed by atoms with Crippen molar-refractivity contribution in [3.05, 3.63) is 22.7 Å². The van der Waals surface area contributed by atoms with Crippen LogP contribution in [-0.2, 0) is 38.4 Å². The fourth-order valence-electron chi connectivity index (χ4n) is 6.25. The van der Waals surface area contributed by atoms with Gasteiger partial charge in [0.1, 0.15) is 35.4 Å². The molecule has 1 aliphatic heterocycles. The number of carboxylic acids is 1. The van der Waals surface area contributed by atoms with Crippen molar-refractivity contribution in [3.63, 3.8) is 0 Å². The Kier molecular flexibility index (Phi) is 22.9. The van der Waals surface area contributed by atoms with Gasteiger partial charge in [-0.05, 0) is 44.6 Å². The number of aliphatic hydroxyl groups is 4. The number of nitrogens with one attached hydrogen (secondary N) is 5. The SMILES string of the molecule is CC(=O)N(O)CCCC(N)C(=O)NC(CCCN(O)C(C)=O)C(=O)NC(CCCN(O)C(C)=O)C(=O)NC(CO)C(=O)NC(C(=O)O)C(O)C1SC(n2ccc(NC(N)=O)nc2=O)C(O)C1O. The summed E-state index contributed by atoms with van der Waals surface area (Å²) >= 11 is 0.520. The summed E-state index contributed by atoms with van der Waals surface area (Å²) in [6.07, 6.45) is -5.97. The summed E-state index contributed by atoms with van der Waals surface area (Å²) in [5, 5.41) is 91.1. The van der Waals surface area contributed by atoms with Crippen LogP contribution in [0.5, 0.6) is 0 Å². The Hall–Kier alpha value is -6.06. The van der Waals surface area contributed by atoms with Crippen molar-refractivity contribution in [3.8, 4) is 0 Å². The van der Waals surface area contributed by atoms with Gasteiger partial charge in [0, 0.05) is 46.6 Å². The van der Waals surface area contributed by atoms with Crippen LogP contribution in [0.3, 0.4) is 0 Å². The van der Waals surface area contributed by atoms with Crippen LogP contribution in [0.2, 0.25) is 0 Å². The minimum atomic E-state index is -2.31. The number of carbonyl (C=O) groups excluding carboxylic acids is 8. The van der Waals surface area contributed by atoms with Crippen molar-refractivity contribution in [1.29, 1.82) is 0 Å². The summed E-state index contributed by atoms with van der Waals surface area (Å²) in [5.74, 6) is -8.98. The zero-order valence-electron chi connectivity index (χ0n) is 36.5. The number of hydrogen-bond acceptors (Lipinski definition) is 20. The van der Waals surface area contributed by atoms with E-state index in [-0.39, 0.29) is 57.6 Å². The van der Waals surface area contributed by atoms with Gasteiger partial charge in [-0.3, -0.25) is 59.1 Å². The standard InChI is InChI=1S/C36H58N12O18S/c1-16(50)46(64)11-4-7-19(37)29(56)39-20(8-5-12-47(65)17(2)51)30(57)40-21(9-6-13-48(66)18(3)52)31(58)41-22(15-49)32(59)44-24(34(60)61)25(53)28-26(54)27(55)33(67-28)45-14-10-23(42-35(38)62)43-36(45)63/h10,14,19-22,24-28,33,49,53-55,64-66H,4-9,11-13,15,37H2,1-3H3,(H,39,56)(H,40,57)(H,41,58)(H,44,59)(H,60,61)(H3,38,42,43,62,63). The molecule has 376 valence electrons. The fourth-order valence-corrected chi connectivity index (χ4v) is 7.82. The molecule has 2 rings (SSSR count). The van der Waals surface area contributed by atoms with Crippen molar-refractivity contribution < 1.29 is 84.3 Å². The summed E-state index contributed by atoms with van der Waals surface area (Å²) in [6, 6.07) is -8.77. The zero-order chi connectivity index (χ0) is 50.9. The molecule has 0 bridgehead atoms. The number of anilines is 1. The van der Waals surface area contributed by atoms with Gasteiger partial charge in [0.05, 0.1) is 30.1 Å². The van der Waals surface area contributed by atoms with Crippen LogP contribution in [0.15, 0.2) is 17.1 Å². The number of urea groups is 1. The van der Waals surface area contributed by atoms with Crippen molar-refractivity contribution in [2.45, 2.75) is 118 Å². The molecule has 1 aromatic rings. The maximum Gasteiger partial charge on any atom is 0.350 e. The molecule has 9 amide bonds. The first-order valence-electron chi connectivity index (χ1n) is 20.4. The third-order valence-corrected chi connectivity index (χ3v) is 11.6. The molecule has 0 spiro atoms. The number of aliphatic carboxylic acids is 1. The van der Waals surface area contributed by atoms with E-state index in [0.29, 0.717) is 27.0 Å². The Morgan fingerprint density at radius 3 is 1.63 bits per heavy atom. The molecule has 10 atom stereocenters. The van der Waals surface area contributed by atoms with Crippen LogP contribution >= 0.6 is 11.8 Å². The number of nitrogens with zero attached hydrogens (tertiary/aromatic N) is 5. The summed E-state index contributed by atoms with van der Waals surface area (Å²) < 4.78 is 0.810. The molecule has 0 aromatic carbocycles. The molecule has 1 aliphatic rings. The van der Waals surface area contributed by atoms with E-state index in [4.69, 9.17) is 11.5 Å². The van der Waals surface area contributed by atoms with Crippen LogP contribution < -0.4 is 43.7 Å². The van der Waals surface area contributed by atoms with Gasteiger partial charge in [0.25, 0.3) is 0 Å². The van der Waals surface area contributed by atoms with Gasteiger partial charge in [-0.25, -0.2) is 29.6 Å². The van der Waals surface area contributed by atoms with E-state index in [9.17, 15) is 89.1 Å². The Labute approximate surface area is 384 Å². The van der Waals surface area contributed by atoms with E-state index in [0.717, 1.165) is 37.6 Å². The number of carbonyl (C=O) groups is 9. The molecule has 0 aliphatic carbocycles. The Morgan fingerprint density at radius 2 is 1.19 bits per heavy atom. The lowest BCUT2D eigenvalue weighted by Crippen LogP contribution is -2.61. The molecule has 30 nitrogen and oxygen atoms in total. The van der Waals surface area contributed by atoms with Crippen molar-refractivity contribution in [2.24, 2.45) is 11.5 Å². The average Bonchev–Trinajstić information content (AvgIpc) is 3.54. The zero-order valence-corrected chi connectivity index (χ0v) is 37.3. The first-order valence-corrected chi connectivity index (χ1v) is 21.3. The second-order valence-corrected chi connectivity index (χ2v) is 16.4. The predicted octanol–water partition coefficient (Wildman–Crippen LogP) is -6.17. The molecular weight excluding hydrogens is 921 g/mol. The first kappa shape index (κ1) is 57.1. The third kappa shape index (κ3) is 17.6. The number of hydroxylamine groups is 6. The highest BCUT2D eigenvalue weighted by Gasteiger charge is 2.50. The van der Waals surface area contributed by atoms with Crippen LogP contribution in [0, 0.1) is 0 Å². The van der Waals surface area contributed by atoms with E-state index < -0.39 is 131 Å². The molecule has 0 saturated carbocycles. The van der Waals surface area contributed by atoms with Gasteiger partial charge in [-0.15, -0.1) is 11.8 Å². The molecule has 1 fully saturated rings. The number of nitrogens with two attached hydrogens (primary N) is 2. The largest absolute Gasteiger partial charge is 0.480 e. The predicted molar refractivity (Wildman–Crippen MR) is 226 cm³/mol. The average molecular weight is 979 g/mol.